The Balaban J connectivity index is 1.78. The van der Waals surface area contributed by atoms with Crippen LogP contribution in [-0.4, -0.2) is 12.0 Å². The highest BCUT2D eigenvalue weighted by Gasteiger charge is 2.01. The van der Waals surface area contributed by atoms with Gasteiger partial charge >= 0.3 is 0 Å². The van der Waals surface area contributed by atoms with E-state index in [0.717, 1.165) is 17.2 Å². The second-order valence-corrected chi connectivity index (χ2v) is 4.68. The highest BCUT2D eigenvalue weighted by molar-refractivity contribution is 7.09. The third-order valence-corrected chi connectivity index (χ3v) is 3.19. The maximum absolute atomic E-state index is 5.62. The molecular weight excluding hydrogens is 232 g/mol. The summed E-state index contributed by atoms with van der Waals surface area (Å²) >= 11 is 1.67. The van der Waals surface area contributed by atoms with Gasteiger partial charge in [0.2, 0.25) is 0 Å². The summed E-state index contributed by atoms with van der Waals surface area (Å²) in [6, 6.07) is 10.2. The quantitative estimate of drug-likeness (QED) is 0.853. The van der Waals surface area contributed by atoms with E-state index in [2.05, 4.69) is 27.8 Å². The lowest BCUT2D eigenvalue weighted by atomic mass is 10.2. The number of nitrogens with one attached hydrogen (secondary N) is 1. The Morgan fingerprint density at radius 2 is 2.06 bits per heavy atom. The van der Waals surface area contributed by atoms with Gasteiger partial charge in [0.1, 0.15) is 5.01 Å². The first-order chi connectivity index (χ1) is 8.38. The summed E-state index contributed by atoms with van der Waals surface area (Å²) in [4.78, 5) is 4.46. The Morgan fingerprint density at radius 3 is 2.82 bits per heavy atom. The van der Waals surface area contributed by atoms with Crippen molar-refractivity contribution in [2.45, 2.75) is 19.8 Å². The van der Waals surface area contributed by atoms with Crippen molar-refractivity contribution in [1.82, 2.24) is 10.3 Å². The van der Waals surface area contributed by atoms with E-state index in [1.807, 2.05) is 25.2 Å². The molecule has 0 amide bonds. The lowest BCUT2D eigenvalue weighted by Gasteiger charge is -2.01. The molecule has 3 nitrogen and oxygen atoms in total. The fourth-order valence-corrected chi connectivity index (χ4v) is 2.29. The minimum Gasteiger partial charge on any atom is -0.370 e. The first-order valence-electron chi connectivity index (χ1n) is 5.58. The van der Waals surface area contributed by atoms with Crippen molar-refractivity contribution in [2.75, 3.05) is 7.05 Å². The normalized spacial score (nSPS) is 10.6. The molecular formula is C13H16N2OS. The standard InChI is InChI=1S/C13H16N2OS/c1-14-7-13-15-12(10-17-13)9-16-8-11-5-3-2-4-6-11/h2-6,10,14H,7-9H2,1H3. The molecule has 0 unspecified atom stereocenters. The average molecular weight is 248 g/mol. The van der Waals surface area contributed by atoms with E-state index in [1.165, 1.54) is 5.56 Å². The molecule has 1 aromatic heterocycles. The second kappa shape index (κ2) is 6.49. The van der Waals surface area contributed by atoms with E-state index < -0.39 is 0 Å². The Labute approximate surface area is 105 Å². The third-order valence-electron chi connectivity index (χ3n) is 2.29. The van der Waals surface area contributed by atoms with Crippen LogP contribution in [0.5, 0.6) is 0 Å². The van der Waals surface area contributed by atoms with Gasteiger partial charge in [-0.25, -0.2) is 4.98 Å². The van der Waals surface area contributed by atoms with Gasteiger partial charge in [-0.15, -0.1) is 11.3 Å². The van der Waals surface area contributed by atoms with E-state index in [1.54, 1.807) is 11.3 Å². The van der Waals surface area contributed by atoms with Crippen LogP contribution in [0.15, 0.2) is 35.7 Å². The maximum atomic E-state index is 5.62. The van der Waals surface area contributed by atoms with Crippen LogP contribution in [0.2, 0.25) is 0 Å². The van der Waals surface area contributed by atoms with Crippen molar-refractivity contribution in [3.8, 4) is 0 Å². The van der Waals surface area contributed by atoms with Crippen LogP contribution in [-0.2, 0) is 24.5 Å². The molecule has 0 spiro atoms. The molecule has 1 aromatic carbocycles. The van der Waals surface area contributed by atoms with Crippen LogP contribution in [0.1, 0.15) is 16.3 Å². The van der Waals surface area contributed by atoms with Crippen LogP contribution in [0.3, 0.4) is 0 Å². The summed E-state index contributed by atoms with van der Waals surface area (Å²) in [6.07, 6.45) is 0. The first kappa shape index (κ1) is 12.2. The van der Waals surface area contributed by atoms with Crippen molar-refractivity contribution in [3.05, 3.63) is 52.0 Å². The van der Waals surface area contributed by atoms with Gasteiger partial charge in [-0.05, 0) is 12.6 Å². The number of rotatable bonds is 6. The van der Waals surface area contributed by atoms with Gasteiger partial charge in [-0.3, -0.25) is 0 Å². The smallest absolute Gasteiger partial charge is 0.107 e. The molecule has 0 bridgehead atoms. The fourth-order valence-electron chi connectivity index (χ4n) is 1.50. The third kappa shape index (κ3) is 3.93. The van der Waals surface area contributed by atoms with Crippen molar-refractivity contribution in [2.24, 2.45) is 0 Å². The summed E-state index contributed by atoms with van der Waals surface area (Å²) in [6.45, 7) is 2.04. The number of hydrogen-bond donors (Lipinski definition) is 1. The Hall–Kier alpha value is -1.23. The van der Waals surface area contributed by atoms with E-state index in [0.29, 0.717) is 13.2 Å². The lowest BCUT2D eigenvalue weighted by molar-refractivity contribution is 0.105. The van der Waals surface area contributed by atoms with Crippen molar-refractivity contribution >= 4 is 11.3 Å². The molecule has 1 N–H and O–H groups in total. The highest BCUT2D eigenvalue weighted by atomic mass is 32.1. The van der Waals surface area contributed by atoms with Crippen molar-refractivity contribution < 1.29 is 4.74 Å². The van der Waals surface area contributed by atoms with Crippen LogP contribution < -0.4 is 5.32 Å². The van der Waals surface area contributed by atoms with Crippen LogP contribution in [0.25, 0.3) is 0 Å². The van der Waals surface area contributed by atoms with Gasteiger partial charge in [-0.1, -0.05) is 30.3 Å². The van der Waals surface area contributed by atoms with Gasteiger partial charge in [0.15, 0.2) is 0 Å². The summed E-state index contributed by atoms with van der Waals surface area (Å²) in [5, 5.41) is 6.24. The summed E-state index contributed by atoms with van der Waals surface area (Å²) < 4.78 is 5.62. The second-order valence-electron chi connectivity index (χ2n) is 3.74. The molecule has 0 saturated carbocycles. The van der Waals surface area contributed by atoms with E-state index in [-0.39, 0.29) is 0 Å². The zero-order valence-corrected chi connectivity index (χ0v) is 10.7. The van der Waals surface area contributed by atoms with Crippen LogP contribution >= 0.6 is 11.3 Å². The molecule has 0 fully saturated rings. The Bertz CT molecular complexity index is 442. The molecule has 17 heavy (non-hydrogen) atoms. The minimum atomic E-state index is 0.578. The summed E-state index contributed by atoms with van der Waals surface area (Å²) in [7, 11) is 1.92. The van der Waals surface area contributed by atoms with Crippen LogP contribution in [0.4, 0.5) is 0 Å². The zero-order valence-electron chi connectivity index (χ0n) is 9.85. The van der Waals surface area contributed by atoms with E-state index in [4.69, 9.17) is 4.74 Å². The number of aromatic nitrogens is 1. The van der Waals surface area contributed by atoms with Crippen LogP contribution in [0, 0.1) is 0 Å². The molecule has 90 valence electrons. The minimum absolute atomic E-state index is 0.578. The average Bonchev–Trinajstić information content (AvgIpc) is 2.79. The van der Waals surface area contributed by atoms with Gasteiger partial charge in [0.05, 0.1) is 18.9 Å². The number of thiazole rings is 1. The Kier molecular flexibility index (Phi) is 4.67. The molecule has 2 rings (SSSR count). The maximum Gasteiger partial charge on any atom is 0.107 e. The number of benzene rings is 1. The number of ether oxygens (including phenoxy) is 1. The summed E-state index contributed by atoms with van der Waals surface area (Å²) in [5.74, 6) is 0. The van der Waals surface area contributed by atoms with E-state index >= 15 is 0 Å². The predicted molar refractivity (Wildman–Crippen MR) is 69.8 cm³/mol. The fraction of sp³-hybridized carbons (Fsp3) is 0.308. The largest absolute Gasteiger partial charge is 0.370 e. The molecule has 0 atom stereocenters. The predicted octanol–water partition coefficient (Wildman–Crippen LogP) is 2.58. The first-order valence-corrected chi connectivity index (χ1v) is 6.46. The van der Waals surface area contributed by atoms with Gasteiger partial charge in [0.25, 0.3) is 0 Å². The van der Waals surface area contributed by atoms with Gasteiger partial charge in [-0.2, -0.15) is 0 Å². The summed E-state index contributed by atoms with van der Waals surface area (Å²) in [5.41, 5.74) is 2.20. The zero-order chi connectivity index (χ0) is 11.9. The molecule has 1 heterocycles. The molecule has 4 heteroatoms. The molecule has 0 aliphatic rings. The Morgan fingerprint density at radius 1 is 1.24 bits per heavy atom. The van der Waals surface area contributed by atoms with Crippen molar-refractivity contribution in [1.29, 1.82) is 0 Å². The number of nitrogens with zero attached hydrogens (tertiary/aromatic N) is 1. The van der Waals surface area contributed by atoms with Crippen molar-refractivity contribution in [3.63, 3.8) is 0 Å². The molecule has 0 aliphatic heterocycles. The van der Waals surface area contributed by atoms with Gasteiger partial charge < -0.3 is 10.1 Å². The van der Waals surface area contributed by atoms with E-state index in [9.17, 15) is 0 Å². The molecule has 0 aliphatic carbocycles. The SMILES string of the molecule is CNCc1nc(COCc2ccccc2)cs1. The highest BCUT2D eigenvalue weighted by Crippen LogP contribution is 2.11. The topological polar surface area (TPSA) is 34.2 Å². The molecule has 0 saturated heterocycles. The van der Waals surface area contributed by atoms with Gasteiger partial charge in [0, 0.05) is 11.9 Å². The molecule has 0 radical (unpaired) electrons. The monoisotopic (exact) mass is 248 g/mol. The molecule has 2 aromatic rings. The lowest BCUT2D eigenvalue weighted by Crippen LogP contribution is -2.04. The number of hydrogen-bond acceptors (Lipinski definition) is 4.